The minimum absolute atomic E-state index is 1.10. The maximum atomic E-state index is 2.33. The molecule has 0 N–H and O–H groups in total. The quantitative estimate of drug-likeness (QED) is 0.137. The van der Waals surface area contributed by atoms with Gasteiger partial charge in [0.25, 0.3) is 0 Å². The van der Waals surface area contributed by atoms with Crippen LogP contribution in [0.25, 0.3) is 55.3 Å². The highest BCUT2D eigenvalue weighted by Crippen LogP contribution is 2.39. The fraction of sp³-hybridized carbons (Fsp3) is 0. The van der Waals surface area contributed by atoms with Crippen molar-refractivity contribution in [1.82, 2.24) is 0 Å². The Labute approximate surface area is 352 Å². The number of para-hydroxylation sites is 1. The molecule has 284 valence electrons. The lowest BCUT2D eigenvalue weighted by atomic mass is 9.99. The van der Waals surface area contributed by atoms with Gasteiger partial charge < -0.3 is 9.80 Å². The van der Waals surface area contributed by atoms with Crippen LogP contribution in [0.4, 0.5) is 34.1 Å². The number of hydrogen-bond donors (Lipinski definition) is 0. The summed E-state index contributed by atoms with van der Waals surface area (Å²) in [5, 5.41) is 2.46. The van der Waals surface area contributed by atoms with E-state index in [0.29, 0.717) is 0 Å². The zero-order valence-corrected chi connectivity index (χ0v) is 33.1. The minimum atomic E-state index is 1.10. The molecule has 0 radical (unpaired) electrons. The van der Waals surface area contributed by atoms with Gasteiger partial charge in [-0.05, 0) is 128 Å². The van der Waals surface area contributed by atoms with E-state index in [2.05, 4.69) is 265 Å². The van der Waals surface area contributed by atoms with Crippen molar-refractivity contribution in [3.8, 4) is 44.5 Å². The summed E-state index contributed by atoms with van der Waals surface area (Å²) in [6.45, 7) is 0. The van der Waals surface area contributed by atoms with Crippen molar-refractivity contribution in [3.63, 3.8) is 0 Å². The van der Waals surface area contributed by atoms with Crippen LogP contribution in [-0.4, -0.2) is 0 Å². The van der Waals surface area contributed by atoms with Crippen LogP contribution in [0.1, 0.15) is 0 Å². The molecule has 0 spiro atoms. The first-order valence-corrected chi connectivity index (χ1v) is 20.5. The van der Waals surface area contributed by atoms with Crippen molar-refractivity contribution in [2.75, 3.05) is 9.80 Å². The average Bonchev–Trinajstić information content (AvgIpc) is 3.34. The van der Waals surface area contributed by atoms with Crippen molar-refractivity contribution in [3.05, 3.63) is 255 Å². The molecule has 0 saturated carbocycles. The second kappa shape index (κ2) is 16.5. The number of rotatable bonds is 10. The van der Waals surface area contributed by atoms with Gasteiger partial charge in [0.2, 0.25) is 0 Å². The molecule has 0 aliphatic heterocycles. The molecular formula is C58H42N2. The van der Waals surface area contributed by atoms with E-state index in [4.69, 9.17) is 0 Å². The Hall–Kier alpha value is -7.94. The Balaban J connectivity index is 0.912. The highest BCUT2D eigenvalue weighted by atomic mass is 15.1. The van der Waals surface area contributed by atoms with Gasteiger partial charge in [0.15, 0.2) is 0 Å². The van der Waals surface area contributed by atoms with Gasteiger partial charge >= 0.3 is 0 Å². The van der Waals surface area contributed by atoms with Crippen molar-refractivity contribution in [1.29, 1.82) is 0 Å². The summed E-state index contributed by atoms with van der Waals surface area (Å²) in [6.07, 6.45) is 0. The van der Waals surface area contributed by atoms with Gasteiger partial charge in [-0.15, -0.1) is 0 Å². The van der Waals surface area contributed by atoms with E-state index >= 15 is 0 Å². The molecule has 0 aromatic heterocycles. The molecule has 10 aromatic rings. The largest absolute Gasteiger partial charge is 0.311 e. The molecule has 2 heteroatoms. The molecule has 60 heavy (non-hydrogen) atoms. The first-order valence-electron chi connectivity index (χ1n) is 20.5. The topological polar surface area (TPSA) is 6.48 Å². The maximum absolute atomic E-state index is 2.33. The van der Waals surface area contributed by atoms with Crippen LogP contribution in [0.2, 0.25) is 0 Å². The summed E-state index contributed by atoms with van der Waals surface area (Å²) in [4.78, 5) is 4.66. The van der Waals surface area contributed by atoms with Crippen molar-refractivity contribution in [2.45, 2.75) is 0 Å². The standard InChI is InChI=1S/C58H42N2/c1-4-12-43(13-5-1)48-24-33-54(34-25-48)59(55-35-26-49(27-36-55)44-14-6-2-7-15-44)56-37-28-50(29-38-56)46-20-22-47(23-21-46)51-30-39-57(40-31-51)60(53-18-8-3-9-19-53)58-41-32-45-16-10-11-17-52(45)42-58/h1-42H. The monoisotopic (exact) mass is 766 g/mol. The SMILES string of the molecule is c1ccc(-c2ccc(N(c3ccc(-c4ccccc4)cc3)c3ccc(-c4ccc(-c5ccc(N(c6ccccc6)c6ccc7ccccc7c6)cc5)cc4)cc3)cc2)cc1. The second-order valence-corrected chi connectivity index (χ2v) is 15.0. The van der Waals surface area contributed by atoms with Crippen molar-refractivity contribution >= 4 is 44.9 Å². The Morgan fingerprint density at radius 3 is 0.800 bits per heavy atom. The Morgan fingerprint density at radius 1 is 0.167 bits per heavy atom. The third-order valence-electron chi connectivity index (χ3n) is 11.3. The van der Waals surface area contributed by atoms with E-state index < -0.39 is 0 Å². The molecule has 0 aliphatic carbocycles. The summed E-state index contributed by atoms with van der Waals surface area (Å²) in [6, 6.07) is 91.3. The number of benzene rings is 10. The molecule has 0 atom stereocenters. The van der Waals surface area contributed by atoms with Crippen LogP contribution in [-0.2, 0) is 0 Å². The fourth-order valence-corrected chi connectivity index (χ4v) is 8.12. The van der Waals surface area contributed by atoms with Crippen LogP contribution in [0.5, 0.6) is 0 Å². The summed E-state index contributed by atoms with van der Waals surface area (Å²) in [7, 11) is 0. The lowest BCUT2D eigenvalue weighted by molar-refractivity contribution is 1.28. The summed E-state index contributed by atoms with van der Waals surface area (Å²) >= 11 is 0. The Morgan fingerprint density at radius 2 is 0.417 bits per heavy atom. The van der Waals surface area contributed by atoms with E-state index in [1.54, 1.807) is 0 Å². The molecule has 0 heterocycles. The van der Waals surface area contributed by atoms with Crippen molar-refractivity contribution < 1.29 is 0 Å². The Bertz CT molecular complexity index is 2880. The maximum Gasteiger partial charge on any atom is 0.0468 e. The zero-order chi connectivity index (χ0) is 40.1. The van der Waals surface area contributed by atoms with E-state index in [-0.39, 0.29) is 0 Å². The molecule has 10 rings (SSSR count). The van der Waals surface area contributed by atoms with Gasteiger partial charge in [0.05, 0.1) is 0 Å². The summed E-state index contributed by atoms with van der Waals surface area (Å²) in [5.41, 5.74) is 16.2. The fourth-order valence-electron chi connectivity index (χ4n) is 8.12. The van der Waals surface area contributed by atoms with Crippen LogP contribution < -0.4 is 9.80 Å². The summed E-state index contributed by atoms with van der Waals surface area (Å²) < 4.78 is 0. The van der Waals surface area contributed by atoms with Crippen LogP contribution in [0, 0.1) is 0 Å². The van der Waals surface area contributed by atoms with Gasteiger partial charge in [-0.1, -0.05) is 182 Å². The third kappa shape index (κ3) is 7.58. The predicted molar refractivity (Wildman–Crippen MR) is 255 cm³/mol. The molecule has 0 amide bonds. The predicted octanol–water partition coefficient (Wildman–Crippen LogP) is 16.4. The van der Waals surface area contributed by atoms with E-state index in [9.17, 15) is 0 Å². The van der Waals surface area contributed by atoms with Crippen LogP contribution >= 0.6 is 0 Å². The number of hydrogen-bond acceptors (Lipinski definition) is 2. The number of anilines is 6. The highest BCUT2D eigenvalue weighted by Gasteiger charge is 2.15. The van der Waals surface area contributed by atoms with Gasteiger partial charge in [-0.25, -0.2) is 0 Å². The minimum Gasteiger partial charge on any atom is -0.311 e. The normalized spacial score (nSPS) is 11.0. The second-order valence-electron chi connectivity index (χ2n) is 15.0. The van der Waals surface area contributed by atoms with E-state index in [0.717, 1.165) is 34.1 Å². The third-order valence-corrected chi connectivity index (χ3v) is 11.3. The first kappa shape index (κ1) is 36.4. The average molecular weight is 767 g/mol. The molecule has 0 fully saturated rings. The van der Waals surface area contributed by atoms with E-state index in [1.807, 2.05) is 0 Å². The molecule has 2 nitrogen and oxygen atoms in total. The molecule has 10 aromatic carbocycles. The van der Waals surface area contributed by atoms with E-state index in [1.165, 1.54) is 55.3 Å². The lowest BCUT2D eigenvalue weighted by Crippen LogP contribution is -2.09. The zero-order valence-electron chi connectivity index (χ0n) is 33.1. The van der Waals surface area contributed by atoms with Gasteiger partial charge in [-0.2, -0.15) is 0 Å². The van der Waals surface area contributed by atoms with Crippen LogP contribution in [0.3, 0.4) is 0 Å². The Kier molecular flexibility index (Phi) is 10.0. The highest BCUT2D eigenvalue weighted by molar-refractivity contribution is 5.89. The molecule has 0 aliphatic rings. The first-order chi connectivity index (χ1) is 29.7. The van der Waals surface area contributed by atoms with Gasteiger partial charge in [0, 0.05) is 34.1 Å². The molecular weight excluding hydrogens is 725 g/mol. The molecule has 0 bridgehead atoms. The van der Waals surface area contributed by atoms with Crippen molar-refractivity contribution in [2.24, 2.45) is 0 Å². The lowest BCUT2D eigenvalue weighted by Gasteiger charge is -2.26. The molecule has 0 saturated heterocycles. The van der Waals surface area contributed by atoms with Crippen LogP contribution in [0.15, 0.2) is 255 Å². The summed E-state index contributed by atoms with van der Waals surface area (Å²) in [5.74, 6) is 0. The molecule has 0 unspecified atom stereocenters. The van der Waals surface area contributed by atoms with Gasteiger partial charge in [0.1, 0.15) is 0 Å². The number of nitrogens with zero attached hydrogens (tertiary/aromatic N) is 2. The smallest absolute Gasteiger partial charge is 0.0468 e. The number of fused-ring (bicyclic) bond motifs is 1. The van der Waals surface area contributed by atoms with Gasteiger partial charge in [-0.3, -0.25) is 0 Å².